The number of hydrogen-bond donors (Lipinski definition) is 1. The molecule has 0 radical (unpaired) electrons. The van der Waals surface area contributed by atoms with E-state index in [1.807, 2.05) is 0 Å². The van der Waals surface area contributed by atoms with Gasteiger partial charge in [0.15, 0.2) is 0 Å². The molecule has 0 bridgehead atoms. The Morgan fingerprint density at radius 1 is 0.742 bits per heavy atom. The summed E-state index contributed by atoms with van der Waals surface area (Å²) in [5, 5.41) is 0. The van der Waals surface area contributed by atoms with E-state index in [1.54, 1.807) is 4.90 Å². The van der Waals surface area contributed by atoms with Crippen molar-refractivity contribution < 1.29 is 9.38 Å². The number of piperidine rings is 2. The van der Waals surface area contributed by atoms with Crippen LogP contribution in [-0.2, 0) is 0 Å². The summed E-state index contributed by atoms with van der Waals surface area (Å²) in [6.07, 6.45) is 22.0. The molecule has 2 aliphatic rings. The van der Waals surface area contributed by atoms with Gasteiger partial charge in [0, 0.05) is 0 Å². The van der Waals surface area contributed by atoms with E-state index in [9.17, 15) is 0 Å². The van der Waals surface area contributed by atoms with Gasteiger partial charge < -0.3 is 9.38 Å². The van der Waals surface area contributed by atoms with Crippen molar-refractivity contribution in [2.24, 2.45) is 17.8 Å². The Bertz CT molecular complexity index is 390. The van der Waals surface area contributed by atoms with E-state index in [0.717, 1.165) is 17.8 Å². The van der Waals surface area contributed by atoms with Crippen LogP contribution in [0.4, 0.5) is 0 Å². The molecule has 0 spiro atoms. The first-order valence-corrected chi connectivity index (χ1v) is 14.5. The van der Waals surface area contributed by atoms with Gasteiger partial charge in [0.25, 0.3) is 0 Å². The van der Waals surface area contributed by atoms with Crippen molar-refractivity contribution in [3.8, 4) is 0 Å². The third kappa shape index (κ3) is 14.6. The summed E-state index contributed by atoms with van der Waals surface area (Å²) in [7, 11) is 4.90. The van der Waals surface area contributed by atoms with Crippen molar-refractivity contribution >= 4 is 0 Å². The summed E-state index contributed by atoms with van der Waals surface area (Å²) in [6, 6.07) is 0. The van der Waals surface area contributed by atoms with Crippen LogP contribution in [0.25, 0.3) is 0 Å². The van der Waals surface area contributed by atoms with Crippen LogP contribution in [0.2, 0.25) is 0 Å². The lowest BCUT2D eigenvalue weighted by atomic mass is 9.86. The largest absolute Gasteiger partial charge is 0.337 e. The SMILES string of the molecule is CC(C)CCCCCCCC[N+]1(C)CCC(CCCC2CC[NH+](C)CC2)CC1.CCC. The topological polar surface area (TPSA) is 4.44 Å². The summed E-state index contributed by atoms with van der Waals surface area (Å²) < 4.78 is 1.38. The Labute approximate surface area is 198 Å². The van der Waals surface area contributed by atoms with Crippen LogP contribution in [0.1, 0.15) is 124 Å². The lowest BCUT2D eigenvalue weighted by Gasteiger charge is -2.41. The second kappa shape index (κ2) is 17.4. The standard InChI is InChI=1S/C26H53N2.C3H8/c1-24(2)12-9-7-5-6-8-10-21-28(4)22-17-26(18-23-28)14-11-13-25-15-19-27(3)20-16-25;1-3-2/h24-26H,5-23H2,1-4H3;3H2,1-2H3/q+1;/p+1. The van der Waals surface area contributed by atoms with Crippen molar-refractivity contribution in [2.45, 2.75) is 124 Å². The second-order valence-electron chi connectivity index (χ2n) is 12.1. The van der Waals surface area contributed by atoms with E-state index >= 15 is 0 Å². The zero-order valence-corrected chi connectivity index (χ0v) is 22.8. The Hall–Kier alpha value is -0.0800. The van der Waals surface area contributed by atoms with Crippen molar-refractivity contribution in [3.63, 3.8) is 0 Å². The van der Waals surface area contributed by atoms with Gasteiger partial charge in [0.2, 0.25) is 0 Å². The first kappa shape index (κ1) is 29.0. The molecule has 2 rings (SSSR count). The fourth-order valence-electron chi connectivity index (χ4n) is 5.66. The number of rotatable bonds is 13. The van der Waals surface area contributed by atoms with Crippen LogP contribution in [-0.4, -0.2) is 51.3 Å². The van der Waals surface area contributed by atoms with Crippen LogP contribution >= 0.6 is 0 Å². The van der Waals surface area contributed by atoms with E-state index in [2.05, 4.69) is 41.8 Å². The number of quaternary nitrogens is 2. The summed E-state index contributed by atoms with van der Waals surface area (Å²) in [5.74, 6) is 2.99. The molecule has 0 atom stereocenters. The Kier molecular flexibility index (Phi) is 16.3. The first-order chi connectivity index (χ1) is 14.9. The molecule has 186 valence electrons. The minimum atomic E-state index is 0.891. The van der Waals surface area contributed by atoms with Crippen LogP contribution in [0.5, 0.6) is 0 Å². The Morgan fingerprint density at radius 2 is 1.23 bits per heavy atom. The monoisotopic (exact) mass is 438 g/mol. The zero-order chi connectivity index (χ0) is 23.0. The molecular formula is C29H62N2+2. The number of unbranched alkanes of at least 4 members (excludes halogenated alkanes) is 5. The normalized spacial score (nSPS) is 28.9. The fraction of sp³-hybridized carbons (Fsp3) is 1.00. The van der Waals surface area contributed by atoms with Crippen LogP contribution < -0.4 is 4.90 Å². The fourth-order valence-corrected chi connectivity index (χ4v) is 5.66. The lowest BCUT2D eigenvalue weighted by Crippen LogP contribution is -3.10. The van der Waals surface area contributed by atoms with E-state index in [4.69, 9.17) is 0 Å². The predicted octanol–water partition coefficient (Wildman–Crippen LogP) is 6.74. The molecule has 2 nitrogen and oxygen atoms in total. The van der Waals surface area contributed by atoms with E-state index < -0.39 is 0 Å². The molecule has 0 unspecified atom stereocenters. The number of likely N-dealkylation sites (tertiary alicyclic amines) is 2. The van der Waals surface area contributed by atoms with Gasteiger partial charge in [-0.3, -0.25) is 0 Å². The third-order valence-corrected chi connectivity index (χ3v) is 8.07. The molecule has 2 heteroatoms. The van der Waals surface area contributed by atoms with Crippen molar-refractivity contribution in [3.05, 3.63) is 0 Å². The predicted molar refractivity (Wildman–Crippen MR) is 140 cm³/mol. The van der Waals surface area contributed by atoms with Crippen LogP contribution in [0, 0.1) is 17.8 Å². The minimum Gasteiger partial charge on any atom is -0.337 e. The zero-order valence-electron chi connectivity index (χ0n) is 22.8. The highest BCUT2D eigenvalue weighted by atomic mass is 15.3. The lowest BCUT2D eigenvalue weighted by molar-refractivity contribution is -0.915. The van der Waals surface area contributed by atoms with E-state index in [0.29, 0.717) is 0 Å². The maximum atomic E-state index is 2.54. The molecule has 0 aromatic rings. The van der Waals surface area contributed by atoms with Crippen LogP contribution in [0.15, 0.2) is 0 Å². The van der Waals surface area contributed by atoms with Gasteiger partial charge in [-0.25, -0.2) is 0 Å². The molecule has 2 aliphatic heterocycles. The smallest absolute Gasteiger partial charge is 0.0787 e. The average molecular weight is 439 g/mol. The molecule has 0 saturated carbocycles. The maximum Gasteiger partial charge on any atom is 0.0787 e. The number of nitrogens with zero attached hydrogens (tertiary/aromatic N) is 1. The Balaban J connectivity index is 0.00000151. The molecule has 2 fully saturated rings. The van der Waals surface area contributed by atoms with Crippen molar-refractivity contribution in [2.75, 3.05) is 46.8 Å². The van der Waals surface area contributed by atoms with Gasteiger partial charge in [-0.2, -0.15) is 0 Å². The minimum absolute atomic E-state index is 0.891. The van der Waals surface area contributed by atoms with Crippen molar-refractivity contribution in [1.82, 2.24) is 0 Å². The summed E-state index contributed by atoms with van der Waals surface area (Å²) in [4.78, 5) is 1.76. The highest BCUT2D eigenvalue weighted by Crippen LogP contribution is 2.28. The van der Waals surface area contributed by atoms with Gasteiger partial charge in [0.05, 0.1) is 46.8 Å². The Morgan fingerprint density at radius 3 is 1.77 bits per heavy atom. The van der Waals surface area contributed by atoms with Gasteiger partial charge in [-0.15, -0.1) is 0 Å². The number of hydrogen-bond acceptors (Lipinski definition) is 0. The summed E-state index contributed by atoms with van der Waals surface area (Å²) in [6.45, 7) is 16.1. The van der Waals surface area contributed by atoms with E-state index in [-0.39, 0.29) is 0 Å². The van der Waals surface area contributed by atoms with Gasteiger partial charge in [-0.05, 0) is 56.3 Å². The summed E-state index contributed by atoms with van der Waals surface area (Å²) in [5.41, 5.74) is 0. The molecular weight excluding hydrogens is 376 g/mol. The van der Waals surface area contributed by atoms with Gasteiger partial charge in [-0.1, -0.05) is 85.5 Å². The molecule has 1 N–H and O–H groups in total. The highest BCUT2D eigenvalue weighted by molar-refractivity contribution is 4.68. The molecule has 2 saturated heterocycles. The quantitative estimate of drug-likeness (QED) is 0.240. The van der Waals surface area contributed by atoms with Gasteiger partial charge in [0.1, 0.15) is 0 Å². The molecule has 0 aromatic heterocycles. The number of nitrogens with one attached hydrogen (secondary N) is 1. The molecule has 31 heavy (non-hydrogen) atoms. The third-order valence-electron chi connectivity index (χ3n) is 8.07. The maximum absolute atomic E-state index is 2.54. The van der Waals surface area contributed by atoms with Crippen LogP contribution in [0.3, 0.4) is 0 Å². The molecule has 2 heterocycles. The first-order valence-electron chi connectivity index (χ1n) is 14.5. The molecule has 0 amide bonds. The molecule has 0 aliphatic carbocycles. The van der Waals surface area contributed by atoms with Crippen molar-refractivity contribution in [1.29, 1.82) is 0 Å². The van der Waals surface area contributed by atoms with E-state index in [1.165, 1.54) is 134 Å². The van der Waals surface area contributed by atoms with Gasteiger partial charge >= 0.3 is 0 Å². The summed E-state index contributed by atoms with van der Waals surface area (Å²) >= 11 is 0. The second-order valence-corrected chi connectivity index (χ2v) is 12.1. The highest BCUT2D eigenvalue weighted by Gasteiger charge is 2.29. The average Bonchev–Trinajstić information content (AvgIpc) is 2.73. The molecule has 0 aromatic carbocycles.